The first-order valence-electron chi connectivity index (χ1n) is 17.7. The maximum Gasteiger partial charge on any atom is 0.431 e. The number of aromatic nitrogens is 4. The quantitative estimate of drug-likeness (QED) is 0.0601. The fourth-order valence-electron chi connectivity index (χ4n) is 5.03. The van der Waals surface area contributed by atoms with Crippen LogP contribution in [0.25, 0.3) is 11.4 Å². The number of carbonyl (C=O) groups excluding carboxylic acids is 4. The predicted octanol–water partition coefficient (Wildman–Crippen LogP) is 6.43. The molecule has 16 nitrogen and oxygen atoms in total. The van der Waals surface area contributed by atoms with E-state index in [1.165, 1.54) is 33.8 Å². The monoisotopic (exact) mass is 934 g/mol. The Morgan fingerprint density at radius 3 is 1.41 bits per heavy atom. The number of benzene rings is 2. The van der Waals surface area contributed by atoms with E-state index in [0.717, 1.165) is 37.4 Å². The molecule has 2 aromatic heterocycles. The van der Waals surface area contributed by atoms with Gasteiger partial charge in [0.1, 0.15) is 11.4 Å². The highest BCUT2D eigenvalue weighted by Gasteiger charge is 2.36. The van der Waals surface area contributed by atoms with E-state index in [1.807, 2.05) is 0 Å². The van der Waals surface area contributed by atoms with Crippen molar-refractivity contribution in [2.24, 2.45) is 7.05 Å². The highest BCUT2D eigenvalue weighted by atomic mass is 35.5. The molecule has 1 N–H and O–H groups in total. The number of rotatable bonds is 10. The maximum atomic E-state index is 13.0. The average Bonchev–Trinajstić information content (AvgIpc) is 3.17. The maximum absolute atomic E-state index is 13.0. The van der Waals surface area contributed by atoms with Crippen LogP contribution in [-0.2, 0) is 47.9 Å². The van der Waals surface area contributed by atoms with Gasteiger partial charge in [-0.15, -0.1) is 0 Å². The number of allylic oxidation sites excluding steroid dienone is 2. The van der Waals surface area contributed by atoms with Crippen molar-refractivity contribution >= 4 is 47.1 Å². The molecule has 0 aliphatic rings. The number of hydrogen-bond donors (Lipinski definition) is 1. The summed E-state index contributed by atoms with van der Waals surface area (Å²) in [5.74, 6) is -4.73. The van der Waals surface area contributed by atoms with Gasteiger partial charge in [-0.25, -0.2) is 37.9 Å². The summed E-state index contributed by atoms with van der Waals surface area (Å²) in [6, 6.07) is 7.05. The molecule has 338 valence electrons. The van der Waals surface area contributed by atoms with Crippen LogP contribution in [0.5, 0.6) is 0 Å². The Hall–Kier alpha value is -6.68. The number of nitrogens with zero attached hydrogens (tertiary/aromatic N) is 3. The highest BCUT2D eigenvalue weighted by molar-refractivity contribution is 6.34. The third kappa shape index (κ3) is 12.2. The van der Waals surface area contributed by atoms with E-state index in [1.54, 1.807) is 18.8 Å². The van der Waals surface area contributed by atoms with Crippen LogP contribution >= 0.6 is 23.2 Å². The van der Waals surface area contributed by atoms with E-state index in [9.17, 15) is 64.7 Å². The first-order valence-corrected chi connectivity index (χ1v) is 18.5. The van der Waals surface area contributed by atoms with Gasteiger partial charge in [0.2, 0.25) is 11.5 Å². The lowest BCUT2D eigenvalue weighted by Gasteiger charge is -2.15. The molecule has 24 heteroatoms. The second-order valence-corrected chi connectivity index (χ2v) is 13.7. The molecule has 0 atom stereocenters. The molecule has 0 aliphatic heterocycles. The number of H-pyrrole nitrogens is 1. The Bertz CT molecular complexity index is 2740. The second-order valence-electron chi connectivity index (χ2n) is 12.9. The molecule has 63 heavy (non-hydrogen) atoms. The van der Waals surface area contributed by atoms with Gasteiger partial charge in [-0.2, -0.15) is 26.3 Å². The summed E-state index contributed by atoms with van der Waals surface area (Å²) >= 11 is 12.0. The van der Waals surface area contributed by atoms with Crippen LogP contribution < -0.4 is 22.5 Å². The van der Waals surface area contributed by atoms with Crippen molar-refractivity contribution in [3.05, 3.63) is 145 Å². The summed E-state index contributed by atoms with van der Waals surface area (Å²) in [6.45, 7) is 9.18. The molecule has 4 aromatic rings. The minimum atomic E-state index is -4.93. The van der Waals surface area contributed by atoms with Gasteiger partial charge in [0.15, 0.2) is 0 Å². The number of halogens is 8. The van der Waals surface area contributed by atoms with Crippen molar-refractivity contribution in [2.45, 2.75) is 53.9 Å². The van der Waals surface area contributed by atoms with Crippen molar-refractivity contribution < 1.29 is 64.5 Å². The summed E-state index contributed by atoms with van der Waals surface area (Å²) in [5.41, 5.74) is -8.65. The van der Waals surface area contributed by atoms with Gasteiger partial charge >= 0.3 is 47.6 Å². The number of alkyl halides is 6. The molecule has 2 aromatic carbocycles. The van der Waals surface area contributed by atoms with E-state index >= 15 is 0 Å². The molecule has 2 heterocycles. The number of esters is 4. The Morgan fingerprint density at radius 1 is 0.635 bits per heavy atom. The smallest absolute Gasteiger partial charge is 0.431 e. The van der Waals surface area contributed by atoms with E-state index in [-0.39, 0.29) is 74.0 Å². The lowest BCUT2D eigenvalue weighted by atomic mass is 10.2. The van der Waals surface area contributed by atoms with Gasteiger partial charge < -0.3 is 23.9 Å². The Kier molecular flexibility index (Phi) is 16.5. The van der Waals surface area contributed by atoms with Crippen molar-refractivity contribution in [1.82, 2.24) is 18.7 Å². The predicted molar refractivity (Wildman–Crippen MR) is 211 cm³/mol. The molecule has 4 rings (SSSR count). The number of ether oxygens (including phenoxy) is 4. The minimum absolute atomic E-state index is 0.0308. The first kappa shape index (κ1) is 50.7. The van der Waals surface area contributed by atoms with E-state index < -0.39 is 70.1 Å². The standard InChI is InChI=1S/C20H18ClF3N2O6.C19H16ClF3N2O6/c1-5-31-18(29)16(10(2)3)32-17(28)12-8-11(6-7-13(12)21)26-15(27)9-14(20(22,23)24)25(4)19(26)30;1-4-30-17(28)15(9(2)3)31-16(27)11-7-10(5-6-12(11)20)25-14(26)8-13(19(21,22)23)24-18(25)29/h6-9H,5H2,1-4H3;5-8H,4H2,1-3H3,(H,24,29). The molecule has 0 fully saturated rings. The van der Waals surface area contributed by atoms with E-state index in [2.05, 4.69) is 0 Å². The fraction of sp³-hybridized carbons (Fsp3) is 0.282. The van der Waals surface area contributed by atoms with Gasteiger partial charge in [0.05, 0.1) is 45.8 Å². The van der Waals surface area contributed by atoms with Crippen LogP contribution in [0.1, 0.15) is 73.6 Å². The van der Waals surface area contributed by atoms with Crippen LogP contribution in [-0.4, -0.2) is 55.8 Å². The lowest BCUT2D eigenvalue weighted by molar-refractivity contribution is -0.144. The van der Waals surface area contributed by atoms with Gasteiger partial charge in [-0.1, -0.05) is 23.2 Å². The van der Waals surface area contributed by atoms with Gasteiger partial charge in [0.25, 0.3) is 11.1 Å². The molecule has 0 spiro atoms. The van der Waals surface area contributed by atoms with Crippen LogP contribution in [0.3, 0.4) is 0 Å². The molecule has 0 saturated carbocycles. The van der Waals surface area contributed by atoms with Crippen LogP contribution in [0, 0.1) is 0 Å². The molecule has 0 radical (unpaired) electrons. The summed E-state index contributed by atoms with van der Waals surface area (Å²) in [5, 5.41) is -0.297. The topological polar surface area (TPSA) is 204 Å². The van der Waals surface area contributed by atoms with Crippen molar-refractivity contribution in [3.8, 4) is 11.4 Å². The van der Waals surface area contributed by atoms with Crippen LogP contribution in [0.15, 0.2) is 90.4 Å². The number of hydrogen-bond acceptors (Lipinski definition) is 12. The Labute approximate surface area is 360 Å². The Balaban J connectivity index is 0.000000335. The fourth-order valence-corrected chi connectivity index (χ4v) is 5.42. The van der Waals surface area contributed by atoms with Crippen molar-refractivity contribution in [3.63, 3.8) is 0 Å². The zero-order chi connectivity index (χ0) is 47.9. The summed E-state index contributed by atoms with van der Waals surface area (Å²) in [7, 11) is 0.854. The molecule has 0 aliphatic carbocycles. The number of carbonyl (C=O) groups is 4. The summed E-state index contributed by atoms with van der Waals surface area (Å²) in [6.07, 6.45) is -9.85. The molecule has 0 saturated heterocycles. The molecule has 0 bridgehead atoms. The van der Waals surface area contributed by atoms with Crippen molar-refractivity contribution in [1.29, 1.82) is 0 Å². The second kappa shape index (κ2) is 20.5. The minimum Gasteiger partial charge on any atom is -0.460 e. The summed E-state index contributed by atoms with van der Waals surface area (Å²) < 4.78 is 98.3. The lowest BCUT2D eigenvalue weighted by Crippen LogP contribution is -2.40. The van der Waals surface area contributed by atoms with E-state index in [0.29, 0.717) is 20.3 Å². The molecule has 0 unspecified atom stereocenters. The third-order valence-corrected chi connectivity index (χ3v) is 8.58. The first-order chi connectivity index (χ1) is 29.2. The largest absolute Gasteiger partial charge is 0.460 e. The number of aromatic amines is 1. The molecular weight excluding hydrogens is 901 g/mol. The third-order valence-electron chi connectivity index (χ3n) is 7.92. The van der Waals surface area contributed by atoms with Crippen molar-refractivity contribution in [2.75, 3.05) is 13.2 Å². The average molecular weight is 936 g/mol. The zero-order valence-corrected chi connectivity index (χ0v) is 35.3. The summed E-state index contributed by atoms with van der Waals surface area (Å²) in [4.78, 5) is 99.7. The highest BCUT2D eigenvalue weighted by Crippen LogP contribution is 2.28. The Morgan fingerprint density at radius 2 is 1.05 bits per heavy atom. The SMILES string of the molecule is CCOC(=O)C(OC(=O)c1cc(-n2c(=O)cc(C(F)(F)F)[nH]c2=O)ccc1Cl)=C(C)C.CCOC(=O)C(OC(=O)c1cc(-n2c(=O)cc(C(F)(F)F)n(C)c2=O)ccc1Cl)=C(C)C. The zero-order valence-electron chi connectivity index (χ0n) is 33.8. The molecule has 0 amide bonds. The van der Waals surface area contributed by atoms with Gasteiger partial charge in [-0.3, -0.25) is 14.2 Å². The van der Waals surface area contributed by atoms with Gasteiger partial charge in [-0.05, 0) is 89.1 Å². The van der Waals surface area contributed by atoms with Crippen LogP contribution in [0.4, 0.5) is 26.3 Å². The number of nitrogens with one attached hydrogen (secondary N) is 1. The normalized spacial score (nSPS) is 11.1. The van der Waals surface area contributed by atoms with Gasteiger partial charge in [0, 0.05) is 19.2 Å². The van der Waals surface area contributed by atoms with E-state index in [4.69, 9.17) is 42.1 Å². The van der Waals surface area contributed by atoms with Crippen LogP contribution in [0.2, 0.25) is 10.0 Å². The molecular formula is C39H34Cl2F6N4O12.